The summed E-state index contributed by atoms with van der Waals surface area (Å²) in [5, 5.41) is 27.1. The van der Waals surface area contributed by atoms with Crippen LogP contribution in [0.1, 0.15) is 43.0 Å². The van der Waals surface area contributed by atoms with Crippen LogP contribution in [0.3, 0.4) is 0 Å². The van der Waals surface area contributed by atoms with E-state index in [0.717, 1.165) is 34.7 Å². The molecule has 164 valence electrons. The minimum atomic E-state index is -1.24. The Morgan fingerprint density at radius 1 is 1.28 bits per heavy atom. The molecule has 0 atom stereocenters. The number of carbonyl (C=O) groups is 1. The SMILES string of the molecule is CCCCCCN1CCc2cc(N=Nc3nc4sc(/C=C(\C#N)C(=O)O)cc4s3)ccc21. The number of hydrogen-bond donors (Lipinski definition) is 1. The molecule has 1 aliphatic heterocycles. The van der Waals surface area contributed by atoms with Gasteiger partial charge in [0.05, 0.1) is 10.4 Å². The quantitative estimate of drug-likeness (QED) is 0.164. The van der Waals surface area contributed by atoms with E-state index in [1.165, 1.54) is 65.7 Å². The predicted molar refractivity (Wildman–Crippen MR) is 129 cm³/mol. The van der Waals surface area contributed by atoms with Gasteiger partial charge >= 0.3 is 5.97 Å². The summed E-state index contributed by atoms with van der Waals surface area (Å²) in [6.45, 7) is 4.42. The first-order valence-corrected chi connectivity index (χ1v) is 12.3. The minimum absolute atomic E-state index is 0.296. The van der Waals surface area contributed by atoms with Crippen molar-refractivity contribution in [1.29, 1.82) is 5.26 Å². The number of aromatic nitrogens is 1. The van der Waals surface area contributed by atoms with Crippen molar-refractivity contribution in [3.05, 3.63) is 40.3 Å². The van der Waals surface area contributed by atoms with Gasteiger partial charge in [-0.2, -0.15) is 5.26 Å². The highest BCUT2D eigenvalue weighted by Crippen LogP contribution is 2.36. The van der Waals surface area contributed by atoms with E-state index >= 15 is 0 Å². The van der Waals surface area contributed by atoms with Gasteiger partial charge in [0.2, 0.25) is 5.13 Å². The molecule has 0 saturated carbocycles. The Kier molecular flexibility index (Phi) is 6.93. The van der Waals surface area contributed by atoms with Crippen molar-refractivity contribution in [3.63, 3.8) is 0 Å². The van der Waals surface area contributed by atoms with E-state index in [4.69, 9.17) is 10.4 Å². The average Bonchev–Trinajstić information content (AvgIpc) is 3.46. The van der Waals surface area contributed by atoms with Crippen LogP contribution >= 0.6 is 22.7 Å². The largest absolute Gasteiger partial charge is 0.477 e. The van der Waals surface area contributed by atoms with Crippen LogP contribution in [0.4, 0.5) is 16.5 Å². The van der Waals surface area contributed by atoms with Crippen molar-refractivity contribution < 1.29 is 9.90 Å². The first-order chi connectivity index (χ1) is 15.6. The van der Waals surface area contributed by atoms with Crippen molar-refractivity contribution in [2.24, 2.45) is 10.2 Å². The summed E-state index contributed by atoms with van der Waals surface area (Å²) in [7, 11) is 0. The number of carboxylic acid groups (broad SMARTS) is 1. The van der Waals surface area contributed by atoms with Crippen molar-refractivity contribution in [3.8, 4) is 6.07 Å². The fraction of sp³-hybridized carbons (Fsp3) is 0.348. The molecule has 0 bridgehead atoms. The second-order valence-electron chi connectivity index (χ2n) is 7.60. The maximum absolute atomic E-state index is 11.0. The molecule has 4 rings (SSSR count). The summed E-state index contributed by atoms with van der Waals surface area (Å²) in [6.07, 6.45) is 7.48. The maximum Gasteiger partial charge on any atom is 0.346 e. The van der Waals surface area contributed by atoms with Crippen LogP contribution in [-0.2, 0) is 11.2 Å². The second-order valence-corrected chi connectivity index (χ2v) is 9.67. The smallest absolute Gasteiger partial charge is 0.346 e. The van der Waals surface area contributed by atoms with Crippen molar-refractivity contribution in [1.82, 2.24) is 4.98 Å². The Bertz CT molecular complexity index is 1200. The van der Waals surface area contributed by atoms with Crippen LogP contribution in [0, 0.1) is 11.3 Å². The number of rotatable bonds is 9. The number of hydrogen-bond acceptors (Lipinski definition) is 8. The number of benzene rings is 1. The molecule has 0 radical (unpaired) electrons. The fourth-order valence-corrected chi connectivity index (χ4v) is 5.71. The van der Waals surface area contributed by atoms with Crippen molar-refractivity contribution >= 4 is 60.8 Å². The number of carboxylic acids is 1. The highest BCUT2D eigenvalue weighted by atomic mass is 32.1. The minimum Gasteiger partial charge on any atom is -0.477 e. The first kappa shape index (κ1) is 22.1. The van der Waals surface area contributed by atoms with E-state index in [-0.39, 0.29) is 5.57 Å². The third-order valence-electron chi connectivity index (χ3n) is 5.32. The number of aliphatic carboxylic acids is 1. The van der Waals surface area contributed by atoms with Gasteiger partial charge in [0.15, 0.2) is 0 Å². The van der Waals surface area contributed by atoms with Gasteiger partial charge in [0.1, 0.15) is 16.5 Å². The molecule has 3 heterocycles. The zero-order chi connectivity index (χ0) is 22.5. The standard InChI is InChI=1S/C23H23N5O2S2/c1-2-3-4-5-9-28-10-8-15-11-17(6-7-19(15)28)26-27-23-25-21-20(32-23)13-18(31-21)12-16(14-24)22(29)30/h6-7,11-13H,2-5,8-10H2,1H3,(H,29,30)/b16-12+,27-26?. The lowest BCUT2D eigenvalue weighted by Crippen LogP contribution is -2.21. The Balaban J connectivity index is 1.43. The van der Waals surface area contributed by atoms with E-state index in [2.05, 4.69) is 39.2 Å². The number of fused-ring (bicyclic) bond motifs is 2. The van der Waals surface area contributed by atoms with E-state index in [1.54, 1.807) is 6.07 Å². The lowest BCUT2D eigenvalue weighted by molar-refractivity contribution is -0.132. The number of thiazole rings is 1. The summed E-state index contributed by atoms with van der Waals surface area (Å²) < 4.78 is 0.894. The molecule has 1 aliphatic rings. The molecule has 0 saturated heterocycles. The van der Waals surface area contributed by atoms with Crippen molar-refractivity contribution in [2.45, 2.75) is 39.0 Å². The molecular weight excluding hydrogens is 442 g/mol. The summed E-state index contributed by atoms with van der Waals surface area (Å²) in [5.41, 5.74) is 3.16. The molecule has 7 nitrogen and oxygen atoms in total. The summed E-state index contributed by atoms with van der Waals surface area (Å²) in [6, 6.07) is 9.76. The van der Waals surface area contributed by atoms with Gasteiger partial charge in [-0.15, -0.1) is 21.6 Å². The van der Waals surface area contributed by atoms with Gasteiger partial charge in [-0.1, -0.05) is 37.5 Å². The van der Waals surface area contributed by atoms with Gasteiger partial charge in [0.25, 0.3) is 0 Å². The van der Waals surface area contributed by atoms with Crippen LogP contribution in [0.2, 0.25) is 0 Å². The van der Waals surface area contributed by atoms with E-state index in [1.807, 2.05) is 12.1 Å². The number of azo groups is 1. The van der Waals surface area contributed by atoms with Crippen LogP contribution < -0.4 is 4.90 Å². The van der Waals surface area contributed by atoms with Gasteiger partial charge in [-0.05, 0) is 48.7 Å². The maximum atomic E-state index is 11.0. The third kappa shape index (κ3) is 5.03. The zero-order valence-corrected chi connectivity index (χ0v) is 19.4. The van der Waals surface area contributed by atoms with Crippen molar-refractivity contribution in [2.75, 3.05) is 18.0 Å². The van der Waals surface area contributed by atoms with E-state index in [9.17, 15) is 4.79 Å². The average molecular weight is 466 g/mol. The highest BCUT2D eigenvalue weighted by molar-refractivity contribution is 7.29. The summed E-state index contributed by atoms with van der Waals surface area (Å²) in [5.74, 6) is -1.24. The number of anilines is 1. The molecule has 0 spiro atoms. The molecule has 0 unspecified atom stereocenters. The lowest BCUT2D eigenvalue weighted by atomic mass is 10.1. The highest BCUT2D eigenvalue weighted by Gasteiger charge is 2.18. The number of nitrogens with zero attached hydrogens (tertiary/aromatic N) is 5. The monoisotopic (exact) mass is 465 g/mol. The van der Waals surface area contributed by atoms with Crippen LogP contribution in [0.15, 0.2) is 40.1 Å². The van der Waals surface area contributed by atoms with Gasteiger partial charge in [-0.25, -0.2) is 9.78 Å². The number of thiophene rings is 1. The fourth-order valence-electron chi connectivity index (χ4n) is 3.72. The van der Waals surface area contributed by atoms with E-state index < -0.39 is 5.97 Å². The number of nitriles is 1. The molecule has 32 heavy (non-hydrogen) atoms. The normalized spacial score (nSPS) is 13.8. The Morgan fingerprint density at radius 2 is 2.16 bits per heavy atom. The summed E-state index contributed by atoms with van der Waals surface area (Å²) in [4.78, 5) is 19.4. The molecule has 2 aromatic heterocycles. The predicted octanol–water partition coefficient (Wildman–Crippen LogP) is 6.71. The van der Waals surface area contributed by atoms with Gasteiger partial charge < -0.3 is 10.0 Å². The van der Waals surface area contributed by atoms with Crippen LogP contribution in [0.25, 0.3) is 15.6 Å². The van der Waals surface area contributed by atoms with Gasteiger partial charge in [-0.3, -0.25) is 0 Å². The molecule has 0 amide bonds. The topological polar surface area (TPSA) is 102 Å². The van der Waals surface area contributed by atoms with E-state index in [0.29, 0.717) is 10.0 Å². The molecule has 9 heteroatoms. The molecular formula is C23H23N5O2S2. The molecule has 3 aromatic rings. The Morgan fingerprint density at radius 3 is 2.91 bits per heavy atom. The molecule has 1 N–H and O–H groups in total. The van der Waals surface area contributed by atoms with Gasteiger partial charge in [0, 0.05) is 23.7 Å². The zero-order valence-electron chi connectivity index (χ0n) is 17.7. The molecule has 0 aliphatic carbocycles. The molecule has 1 aromatic carbocycles. The molecule has 0 fully saturated rings. The number of unbranched alkanes of at least 4 members (excludes halogenated alkanes) is 3. The summed E-state index contributed by atoms with van der Waals surface area (Å²) >= 11 is 2.72. The third-order valence-corrected chi connectivity index (χ3v) is 7.31. The van der Waals surface area contributed by atoms with Crippen LogP contribution in [-0.4, -0.2) is 29.1 Å². The Hall–Kier alpha value is -3.09. The Labute approximate surface area is 194 Å². The second kappa shape index (κ2) is 10.0. The first-order valence-electron chi connectivity index (χ1n) is 10.6. The van der Waals surface area contributed by atoms with Crippen LogP contribution in [0.5, 0.6) is 0 Å². The lowest BCUT2D eigenvalue weighted by Gasteiger charge is -2.19.